The van der Waals surface area contributed by atoms with Crippen molar-refractivity contribution in [3.63, 3.8) is 0 Å². The van der Waals surface area contributed by atoms with E-state index in [0.29, 0.717) is 0 Å². The minimum atomic E-state index is 0.943. The lowest BCUT2D eigenvalue weighted by Crippen LogP contribution is -2.25. The van der Waals surface area contributed by atoms with Crippen molar-refractivity contribution in [2.24, 2.45) is 0 Å². The highest BCUT2D eigenvalue weighted by Gasteiger charge is 1.97. The largest absolute Gasteiger partial charge is 0.299 e. The summed E-state index contributed by atoms with van der Waals surface area (Å²) in [5, 5.41) is 0. The molecular weight excluding hydrogens is 134 g/mol. The van der Waals surface area contributed by atoms with Crippen molar-refractivity contribution in [3.8, 4) is 0 Å². The zero-order valence-electron chi connectivity index (χ0n) is 7.64. The molecule has 0 aromatic carbocycles. The Labute approximate surface area is 70.4 Å². The van der Waals surface area contributed by atoms with Crippen LogP contribution in [0.25, 0.3) is 0 Å². The van der Waals surface area contributed by atoms with Crippen molar-refractivity contribution >= 4 is 0 Å². The average Bonchev–Trinajstić information content (AvgIpc) is 2.01. The van der Waals surface area contributed by atoms with Crippen molar-refractivity contribution in [3.05, 3.63) is 18.4 Å². The van der Waals surface area contributed by atoms with Gasteiger partial charge in [0.25, 0.3) is 0 Å². The standard InChI is InChI=1S/C10H18N/c1-4-7-10-11(8-5-2)9-6-3/h1,7H,5-6,8-10H2,2-3H3. The van der Waals surface area contributed by atoms with E-state index in [1.807, 2.05) is 6.08 Å². The van der Waals surface area contributed by atoms with E-state index in [4.69, 9.17) is 6.58 Å². The Morgan fingerprint density at radius 3 is 2.18 bits per heavy atom. The van der Waals surface area contributed by atoms with Gasteiger partial charge >= 0.3 is 0 Å². The second kappa shape index (κ2) is 7.59. The fourth-order valence-corrected chi connectivity index (χ4v) is 1.11. The van der Waals surface area contributed by atoms with E-state index in [9.17, 15) is 0 Å². The monoisotopic (exact) mass is 152 g/mol. The Bertz CT molecular complexity index is 117. The lowest BCUT2D eigenvalue weighted by Gasteiger charge is -2.17. The molecule has 0 heterocycles. The van der Waals surface area contributed by atoms with Gasteiger partial charge in [-0.25, -0.2) is 0 Å². The molecule has 0 amide bonds. The quantitative estimate of drug-likeness (QED) is 0.528. The summed E-state index contributed by atoms with van der Waals surface area (Å²) in [6, 6.07) is 0. The van der Waals surface area contributed by atoms with Crippen LogP contribution >= 0.6 is 0 Å². The zero-order valence-corrected chi connectivity index (χ0v) is 7.64. The summed E-state index contributed by atoms with van der Waals surface area (Å²) in [5.41, 5.74) is 2.55. The molecule has 0 aromatic rings. The molecule has 0 aliphatic rings. The molecule has 0 atom stereocenters. The first-order chi connectivity index (χ1) is 5.35. The van der Waals surface area contributed by atoms with E-state index < -0.39 is 0 Å². The second-order valence-electron chi connectivity index (χ2n) is 2.67. The minimum absolute atomic E-state index is 0.943. The summed E-state index contributed by atoms with van der Waals surface area (Å²) in [4.78, 5) is 2.37. The van der Waals surface area contributed by atoms with Crippen LogP contribution in [0.5, 0.6) is 0 Å². The van der Waals surface area contributed by atoms with Gasteiger partial charge in [0.2, 0.25) is 0 Å². The summed E-state index contributed by atoms with van der Waals surface area (Å²) in [7, 11) is 0. The SMILES string of the molecule is [CH]=C=CCN(CCC)CCC. The first-order valence-electron chi connectivity index (χ1n) is 4.35. The molecule has 63 valence electrons. The van der Waals surface area contributed by atoms with Gasteiger partial charge in [-0.3, -0.25) is 4.90 Å². The van der Waals surface area contributed by atoms with Crippen molar-refractivity contribution in [1.29, 1.82) is 0 Å². The first-order valence-corrected chi connectivity index (χ1v) is 4.35. The Morgan fingerprint density at radius 1 is 1.27 bits per heavy atom. The van der Waals surface area contributed by atoms with Crippen molar-refractivity contribution in [2.75, 3.05) is 19.6 Å². The van der Waals surface area contributed by atoms with Gasteiger partial charge in [0.1, 0.15) is 0 Å². The topological polar surface area (TPSA) is 3.24 Å². The molecule has 0 fully saturated rings. The van der Waals surface area contributed by atoms with E-state index >= 15 is 0 Å². The van der Waals surface area contributed by atoms with Crippen molar-refractivity contribution in [2.45, 2.75) is 26.7 Å². The molecule has 0 bridgehead atoms. The molecule has 0 saturated heterocycles. The van der Waals surface area contributed by atoms with E-state index in [0.717, 1.165) is 19.6 Å². The predicted molar refractivity (Wildman–Crippen MR) is 49.4 cm³/mol. The van der Waals surface area contributed by atoms with Gasteiger partial charge in [-0.2, -0.15) is 0 Å². The van der Waals surface area contributed by atoms with Crippen LogP contribution in [0.15, 0.2) is 11.8 Å². The molecule has 1 nitrogen and oxygen atoms in total. The zero-order chi connectivity index (χ0) is 8.53. The van der Waals surface area contributed by atoms with Crippen LogP contribution in [-0.2, 0) is 0 Å². The molecule has 1 radical (unpaired) electrons. The van der Waals surface area contributed by atoms with E-state index in [1.54, 1.807) is 0 Å². The number of hydrogen-bond acceptors (Lipinski definition) is 1. The summed E-state index contributed by atoms with van der Waals surface area (Å²) in [6.45, 7) is 12.8. The van der Waals surface area contributed by atoms with Crippen LogP contribution in [0, 0.1) is 6.58 Å². The van der Waals surface area contributed by atoms with Gasteiger partial charge in [-0.05, 0) is 38.6 Å². The van der Waals surface area contributed by atoms with Crippen LogP contribution in [0.4, 0.5) is 0 Å². The maximum Gasteiger partial charge on any atom is 0.0238 e. The van der Waals surface area contributed by atoms with Gasteiger partial charge in [-0.15, -0.1) is 5.73 Å². The van der Waals surface area contributed by atoms with E-state index in [-0.39, 0.29) is 0 Å². The van der Waals surface area contributed by atoms with Crippen LogP contribution < -0.4 is 0 Å². The Balaban J connectivity index is 3.58. The fourth-order valence-electron chi connectivity index (χ4n) is 1.11. The van der Waals surface area contributed by atoms with Gasteiger partial charge in [-0.1, -0.05) is 13.8 Å². The predicted octanol–water partition coefficient (Wildman–Crippen LogP) is 2.25. The number of rotatable bonds is 6. The lowest BCUT2D eigenvalue weighted by atomic mass is 10.3. The van der Waals surface area contributed by atoms with Gasteiger partial charge in [0, 0.05) is 6.54 Å². The molecule has 0 aliphatic heterocycles. The van der Waals surface area contributed by atoms with E-state index in [2.05, 4.69) is 24.5 Å². The smallest absolute Gasteiger partial charge is 0.0238 e. The maximum atomic E-state index is 5.14. The summed E-state index contributed by atoms with van der Waals surface area (Å²) in [5.74, 6) is 0. The second-order valence-corrected chi connectivity index (χ2v) is 2.67. The Morgan fingerprint density at radius 2 is 1.82 bits per heavy atom. The third-order valence-electron chi connectivity index (χ3n) is 1.55. The molecule has 0 aliphatic carbocycles. The molecular formula is C10H18N. The van der Waals surface area contributed by atoms with Crippen LogP contribution in [-0.4, -0.2) is 24.5 Å². The highest BCUT2D eigenvalue weighted by Crippen LogP contribution is 1.93. The van der Waals surface area contributed by atoms with Crippen molar-refractivity contribution in [1.82, 2.24) is 4.90 Å². The molecule has 0 unspecified atom stereocenters. The summed E-state index contributed by atoms with van der Waals surface area (Å²) < 4.78 is 0. The fraction of sp³-hybridized carbons (Fsp3) is 0.700. The molecule has 0 aromatic heterocycles. The summed E-state index contributed by atoms with van der Waals surface area (Å²) in [6.07, 6.45) is 4.29. The Kier molecular flexibility index (Phi) is 7.23. The van der Waals surface area contributed by atoms with Crippen LogP contribution in [0.3, 0.4) is 0 Å². The van der Waals surface area contributed by atoms with Crippen LogP contribution in [0.1, 0.15) is 26.7 Å². The average molecular weight is 152 g/mol. The molecule has 11 heavy (non-hydrogen) atoms. The Hall–Kier alpha value is -0.520. The molecule has 0 saturated carbocycles. The lowest BCUT2D eigenvalue weighted by molar-refractivity contribution is 0.304. The number of hydrogen-bond donors (Lipinski definition) is 0. The van der Waals surface area contributed by atoms with E-state index in [1.165, 1.54) is 12.8 Å². The third-order valence-corrected chi connectivity index (χ3v) is 1.55. The third kappa shape index (κ3) is 5.90. The highest BCUT2D eigenvalue weighted by molar-refractivity contribution is 4.78. The molecule has 0 spiro atoms. The summed E-state index contributed by atoms with van der Waals surface area (Å²) >= 11 is 0. The van der Waals surface area contributed by atoms with Gasteiger partial charge in [0.05, 0.1) is 0 Å². The highest BCUT2D eigenvalue weighted by atomic mass is 15.1. The minimum Gasteiger partial charge on any atom is -0.299 e. The molecule has 1 heteroatoms. The van der Waals surface area contributed by atoms with Gasteiger partial charge in [0.15, 0.2) is 0 Å². The molecule has 0 N–H and O–H groups in total. The van der Waals surface area contributed by atoms with Gasteiger partial charge < -0.3 is 0 Å². The normalized spacial score (nSPS) is 9.73. The first kappa shape index (κ1) is 10.5. The molecule has 0 rings (SSSR count). The van der Waals surface area contributed by atoms with Crippen LogP contribution in [0.2, 0.25) is 0 Å². The van der Waals surface area contributed by atoms with Crippen molar-refractivity contribution < 1.29 is 0 Å². The maximum absolute atomic E-state index is 5.14. The number of nitrogens with zero attached hydrogens (tertiary/aromatic N) is 1.